The van der Waals surface area contributed by atoms with E-state index in [4.69, 9.17) is 9.05 Å². The molecule has 0 fully saturated rings. The average molecular weight is 561 g/mol. The molecule has 204 valence electrons. The van der Waals surface area contributed by atoms with Crippen LogP contribution in [0, 0.1) is 5.92 Å². The lowest BCUT2D eigenvalue weighted by Gasteiger charge is -2.35. The van der Waals surface area contributed by atoms with E-state index in [-0.39, 0.29) is 18.1 Å². The Morgan fingerprint density at radius 3 is 1.13 bits per heavy atom. The number of benzene rings is 4. The molecule has 0 aliphatic heterocycles. The monoisotopic (exact) mass is 560 g/mol. The van der Waals surface area contributed by atoms with E-state index in [9.17, 15) is 9.13 Å². The predicted molar refractivity (Wildman–Crippen MR) is 164 cm³/mol. The second-order valence-corrected chi connectivity index (χ2v) is 14.5. The first kappa shape index (κ1) is 29.2. The molecule has 4 rings (SSSR count). The molecule has 4 aromatic rings. The van der Waals surface area contributed by atoms with Crippen LogP contribution in [0.25, 0.3) is 0 Å². The fourth-order valence-electron chi connectivity index (χ4n) is 4.90. The molecular weight excluding hydrogens is 522 g/mol. The summed E-state index contributed by atoms with van der Waals surface area (Å²) < 4.78 is 42.8. The Morgan fingerprint density at radius 2 is 0.846 bits per heavy atom. The molecule has 4 nitrogen and oxygen atoms in total. The normalized spacial score (nSPS) is 14.4. The Labute approximate surface area is 233 Å². The minimum atomic E-state index is -3.41. The van der Waals surface area contributed by atoms with Crippen molar-refractivity contribution in [2.24, 2.45) is 5.92 Å². The molecule has 0 aliphatic rings. The zero-order valence-electron chi connectivity index (χ0n) is 22.9. The van der Waals surface area contributed by atoms with Crippen LogP contribution in [0.2, 0.25) is 0 Å². The summed E-state index contributed by atoms with van der Waals surface area (Å²) in [4.78, 5) is 0. The maximum atomic E-state index is 14.7. The van der Waals surface area contributed by atoms with Gasteiger partial charge in [-0.2, -0.15) is 0 Å². The number of hydrogen-bond donors (Lipinski definition) is 0. The number of hydrogen-bond acceptors (Lipinski definition) is 4. The molecule has 0 spiro atoms. The Balaban J connectivity index is 1.70. The lowest BCUT2D eigenvalue weighted by molar-refractivity contribution is 0.0509. The largest absolute Gasteiger partial charge is 0.318 e. The van der Waals surface area contributed by atoms with Crippen molar-refractivity contribution in [3.63, 3.8) is 0 Å². The van der Waals surface area contributed by atoms with Gasteiger partial charge >= 0.3 is 0 Å². The Kier molecular flexibility index (Phi) is 10.2. The minimum absolute atomic E-state index is 0.170. The van der Waals surface area contributed by atoms with Gasteiger partial charge in [0.05, 0.1) is 12.2 Å². The molecular formula is C33H38O4P2. The summed E-state index contributed by atoms with van der Waals surface area (Å²) in [6.45, 7) is 6.20. The second-order valence-electron chi connectivity index (χ2n) is 9.79. The second kappa shape index (κ2) is 13.6. The molecule has 0 bridgehead atoms. The van der Waals surface area contributed by atoms with Gasteiger partial charge in [-0.25, -0.2) is 0 Å². The van der Waals surface area contributed by atoms with Crippen LogP contribution < -0.4 is 21.2 Å². The molecule has 39 heavy (non-hydrogen) atoms. The van der Waals surface area contributed by atoms with Gasteiger partial charge in [-0.1, -0.05) is 100.0 Å². The highest BCUT2D eigenvalue weighted by molar-refractivity contribution is 7.74. The molecule has 3 atom stereocenters. The van der Waals surface area contributed by atoms with Crippen molar-refractivity contribution < 1.29 is 18.2 Å². The molecule has 6 heteroatoms. The van der Waals surface area contributed by atoms with Gasteiger partial charge in [-0.3, -0.25) is 9.13 Å². The van der Waals surface area contributed by atoms with E-state index in [0.717, 1.165) is 6.42 Å². The van der Waals surface area contributed by atoms with Gasteiger partial charge in [-0.15, -0.1) is 0 Å². The van der Waals surface area contributed by atoms with E-state index in [1.165, 1.54) is 0 Å². The van der Waals surface area contributed by atoms with E-state index in [0.29, 0.717) is 34.1 Å². The van der Waals surface area contributed by atoms with Crippen molar-refractivity contribution in [2.75, 3.05) is 0 Å². The molecule has 0 radical (unpaired) electrons. The highest BCUT2D eigenvalue weighted by atomic mass is 31.2. The maximum absolute atomic E-state index is 14.7. The van der Waals surface area contributed by atoms with Crippen molar-refractivity contribution in [1.82, 2.24) is 0 Å². The van der Waals surface area contributed by atoms with E-state index in [1.807, 2.05) is 128 Å². The summed E-state index contributed by atoms with van der Waals surface area (Å²) in [5.41, 5.74) is 0. The third-order valence-corrected chi connectivity index (χ3v) is 12.1. The van der Waals surface area contributed by atoms with Crippen molar-refractivity contribution in [3.8, 4) is 0 Å². The van der Waals surface area contributed by atoms with Gasteiger partial charge in [0.25, 0.3) is 14.7 Å². The third-order valence-electron chi connectivity index (χ3n) is 7.10. The van der Waals surface area contributed by atoms with E-state index < -0.39 is 14.7 Å². The molecule has 0 N–H and O–H groups in total. The third kappa shape index (κ3) is 6.71. The van der Waals surface area contributed by atoms with E-state index in [2.05, 4.69) is 13.8 Å². The van der Waals surface area contributed by atoms with Crippen LogP contribution in [0.4, 0.5) is 0 Å². The highest BCUT2D eigenvalue weighted by Gasteiger charge is 2.39. The molecule has 0 saturated carbocycles. The first-order valence-electron chi connectivity index (χ1n) is 13.7. The van der Waals surface area contributed by atoms with Crippen molar-refractivity contribution in [1.29, 1.82) is 0 Å². The smallest absolute Gasteiger partial charge is 0.261 e. The van der Waals surface area contributed by atoms with Crippen molar-refractivity contribution >= 4 is 36.0 Å². The Bertz CT molecular complexity index is 1290. The molecule has 0 aromatic heterocycles. The predicted octanol–water partition coefficient (Wildman–Crippen LogP) is 7.46. The first-order valence-corrected chi connectivity index (χ1v) is 17.0. The summed E-state index contributed by atoms with van der Waals surface area (Å²) in [6, 6.07) is 37.7. The Morgan fingerprint density at radius 1 is 0.538 bits per heavy atom. The van der Waals surface area contributed by atoms with E-state index in [1.54, 1.807) is 0 Å². The SMILES string of the molecule is CCCC(OP(=O)(c1ccccc1)c1ccccc1)C(C)C(CC)OP(=O)(c1ccccc1)c1ccccc1. The van der Waals surface area contributed by atoms with Crippen LogP contribution in [-0.4, -0.2) is 12.2 Å². The fourth-order valence-corrected chi connectivity index (χ4v) is 9.64. The zero-order chi connectivity index (χ0) is 27.7. The Hall–Kier alpha value is -2.74. The lowest BCUT2D eigenvalue weighted by Crippen LogP contribution is -2.36. The molecule has 0 saturated heterocycles. The molecule has 0 heterocycles. The summed E-state index contributed by atoms with van der Waals surface area (Å²) in [6.07, 6.45) is 1.43. The van der Waals surface area contributed by atoms with Gasteiger partial charge in [0.2, 0.25) is 0 Å². The lowest BCUT2D eigenvalue weighted by atomic mass is 9.93. The van der Waals surface area contributed by atoms with Crippen LogP contribution >= 0.6 is 14.7 Å². The van der Waals surface area contributed by atoms with Crippen molar-refractivity contribution in [2.45, 2.75) is 52.2 Å². The van der Waals surface area contributed by atoms with Crippen LogP contribution in [0.15, 0.2) is 121 Å². The van der Waals surface area contributed by atoms with Gasteiger partial charge < -0.3 is 9.05 Å². The van der Waals surface area contributed by atoms with Crippen LogP contribution in [0.1, 0.15) is 40.0 Å². The molecule has 3 unspecified atom stereocenters. The standard InChI is InChI=1S/C33H38O4P2/c1-4-18-33(37-39(35,30-23-14-8-15-24-30)31-25-16-9-17-26-31)27(3)32(5-2)36-38(34,28-19-10-6-11-20-28)29-21-12-7-13-22-29/h6-17,19-27,32-33H,4-5,18H2,1-3H3. The maximum Gasteiger partial charge on any atom is 0.261 e. The van der Waals surface area contributed by atoms with Crippen molar-refractivity contribution in [3.05, 3.63) is 121 Å². The molecule has 0 aliphatic carbocycles. The quantitative estimate of drug-likeness (QED) is 0.159. The summed E-state index contributed by atoms with van der Waals surface area (Å²) in [5.74, 6) is -0.170. The highest BCUT2D eigenvalue weighted by Crippen LogP contribution is 2.51. The van der Waals surface area contributed by atoms with Gasteiger partial charge in [0.15, 0.2) is 0 Å². The first-order chi connectivity index (χ1) is 18.9. The van der Waals surface area contributed by atoms with E-state index >= 15 is 0 Å². The van der Waals surface area contributed by atoms with Gasteiger partial charge in [0, 0.05) is 27.1 Å². The van der Waals surface area contributed by atoms with Gasteiger partial charge in [0.1, 0.15) is 0 Å². The average Bonchev–Trinajstić information content (AvgIpc) is 3.01. The summed E-state index contributed by atoms with van der Waals surface area (Å²) in [7, 11) is -6.81. The topological polar surface area (TPSA) is 52.6 Å². The summed E-state index contributed by atoms with van der Waals surface area (Å²) >= 11 is 0. The van der Waals surface area contributed by atoms with Crippen LogP contribution in [0.5, 0.6) is 0 Å². The molecule has 0 amide bonds. The van der Waals surface area contributed by atoms with Crippen LogP contribution in [-0.2, 0) is 18.2 Å². The molecule has 4 aromatic carbocycles. The van der Waals surface area contributed by atoms with Crippen LogP contribution in [0.3, 0.4) is 0 Å². The summed E-state index contributed by atoms with van der Waals surface area (Å²) in [5, 5.41) is 2.65. The fraction of sp³-hybridized carbons (Fsp3) is 0.273. The number of rotatable bonds is 13. The van der Waals surface area contributed by atoms with Gasteiger partial charge in [-0.05, 0) is 61.4 Å². The zero-order valence-corrected chi connectivity index (χ0v) is 24.7. The minimum Gasteiger partial charge on any atom is -0.318 e.